The van der Waals surface area contributed by atoms with Gasteiger partial charge in [-0.15, -0.1) is 5.10 Å². The van der Waals surface area contributed by atoms with E-state index in [1.807, 2.05) is 0 Å². The third-order valence-electron chi connectivity index (χ3n) is 3.37. The van der Waals surface area contributed by atoms with Gasteiger partial charge in [0.2, 0.25) is 5.82 Å². The van der Waals surface area contributed by atoms with Gasteiger partial charge in [0.05, 0.1) is 17.3 Å². The van der Waals surface area contributed by atoms with Crippen LogP contribution in [0.5, 0.6) is 0 Å². The Morgan fingerprint density at radius 3 is 2.65 bits per heavy atom. The number of nitrogens with one attached hydrogen (secondary N) is 1. The normalized spacial score (nSPS) is 10.3. The van der Waals surface area contributed by atoms with E-state index in [4.69, 9.17) is 4.74 Å². The molecular formula is C16H14N6O4. The maximum atomic E-state index is 11.3. The smallest absolute Gasteiger partial charge is 0.311 e. The maximum Gasteiger partial charge on any atom is 0.311 e. The zero-order chi connectivity index (χ0) is 18.5. The second-order valence-electron chi connectivity index (χ2n) is 5.24. The highest BCUT2D eigenvalue weighted by atomic mass is 16.6. The highest BCUT2D eigenvalue weighted by Gasteiger charge is 2.17. The minimum atomic E-state index is -0.518. The fraction of sp³-hybridized carbons (Fsp3) is 0.125. The molecule has 0 saturated heterocycles. The van der Waals surface area contributed by atoms with Crippen molar-refractivity contribution in [1.29, 1.82) is 0 Å². The number of ether oxygens (including phenoxy) is 1. The van der Waals surface area contributed by atoms with Crippen LogP contribution >= 0.6 is 0 Å². The van der Waals surface area contributed by atoms with Crippen molar-refractivity contribution in [2.75, 3.05) is 5.32 Å². The summed E-state index contributed by atoms with van der Waals surface area (Å²) < 4.78 is 6.32. The van der Waals surface area contributed by atoms with Gasteiger partial charge in [0.25, 0.3) is 0 Å². The summed E-state index contributed by atoms with van der Waals surface area (Å²) in [6.07, 6.45) is 3.07. The number of carbonyl (C=O) groups excluding carboxylic acids is 1. The standard InChI is InChI=1S/C16H14N6O4/c1-11(23)26-10-12-2-4-13(5-3-12)18-16-14(22(24)25)6-7-15(19-16)21-9-8-17-20-21/h2-9H,10H2,1H3,(H,18,19). The van der Waals surface area contributed by atoms with E-state index in [-0.39, 0.29) is 24.1 Å². The summed E-state index contributed by atoms with van der Waals surface area (Å²) in [5, 5.41) is 21.7. The molecule has 0 unspecified atom stereocenters. The Morgan fingerprint density at radius 2 is 2.04 bits per heavy atom. The first kappa shape index (κ1) is 17.0. The van der Waals surface area contributed by atoms with Crippen molar-refractivity contribution in [3.63, 3.8) is 0 Å². The molecule has 0 saturated carbocycles. The molecule has 0 atom stereocenters. The molecule has 0 aliphatic heterocycles. The summed E-state index contributed by atoms with van der Waals surface area (Å²) in [4.78, 5) is 25.8. The van der Waals surface area contributed by atoms with E-state index in [0.717, 1.165) is 5.56 Å². The van der Waals surface area contributed by atoms with Crippen molar-refractivity contribution in [1.82, 2.24) is 20.0 Å². The summed E-state index contributed by atoms with van der Waals surface area (Å²) in [6.45, 7) is 1.50. The summed E-state index contributed by atoms with van der Waals surface area (Å²) >= 11 is 0. The molecule has 3 rings (SSSR count). The molecular weight excluding hydrogens is 340 g/mol. The summed E-state index contributed by atoms with van der Waals surface area (Å²) in [7, 11) is 0. The van der Waals surface area contributed by atoms with Crippen molar-refractivity contribution in [2.45, 2.75) is 13.5 Å². The largest absolute Gasteiger partial charge is 0.461 e. The monoisotopic (exact) mass is 354 g/mol. The topological polar surface area (TPSA) is 125 Å². The van der Waals surface area contributed by atoms with Crippen LogP contribution in [0.4, 0.5) is 17.2 Å². The van der Waals surface area contributed by atoms with Gasteiger partial charge >= 0.3 is 11.7 Å². The van der Waals surface area contributed by atoms with Crippen molar-refractivity contribution >= 4 is 23.2 Å². The number of benzene rings is 1. The predicted octanol–water partition coefficient (Wildman–Crippen LogP) is 2.38. The maximum absolute atomic E-state index is 11.3. The number of nitrogens with zero attached hydrogens (tertiary/aromatic N) is 5. The lowest BCUT2D eigenvalue weighted by atomic mass is 10.2. The van der Waals surface area contributed by atoms with Gasteiger partial charge < -0.3 is 10.1 Å². The summed E-state index contributed by atoms with van der Waals surface area (Å²) in [5.74, 6) is 0.106. The Labute approximate surface area is 147 Å². The minimum Gasteiger partial charge on any atom is -0.461 e. The van der Waals surface area contributed by atoms with Crippen LogP contribution in [-0.2, 0) is 16.1 Å². The Morgan fingerprint density at radius 1 is 1.27 bits per heavy atom. The van der Waals surface area contributed by atoms with Crippen LogP contribution < -0.4 is 5.32 Å². The Bertz CT molecular complexity index is 924. The first-order valence-electron chi connectivity index (χ1n) is 7.54. The average Bonchev–Trinajstić information content (AvgIpc) is 3.15. The second-order valence-corrected chi connectivity index (χ2v) is 5.24. The first-order valence-corrected chi connectivity index (χ1v) is 7.54. The van der Waals surface area contributed by atoms with Gasteiger partial charge in [-0.05, 0) is 23.8 Å². The fourth-order valence-corrected chi connectivity index (χ4v) is 2.14. The van der Waals surface area contributed by atoms with Crippen LogP contribution in [0, 0.1) is 10.1 Å². The fourth-order valence-electron chi connectivity index (χ4n) is 2.14. The number of carbonyl (C=O) groups is 1. The number of hydrogen-bond donors (Lipinski definition) is 1. The lowest BCUT2D eigenvalue weighted by molar-refractivity contribution is -0.384. The highest BCUT2D eigenvalue weighted by molar-refractivity contribution is 5.67. The van der Waals surface area contributed by atoms with Crippen LogP contribution in [-0.4, -0.2) is 30.9 Å². The predicted molar refractivity (Wildman–Crippen MR) is 91.0 cm³/mol. The summed E-state index contributed by atoms with van der Waals surface area (Å²) in [6, 6.07) is 9.76. The second kappa shape index (κ2) is 7.38. The summed E-state index contributed by atoms with van der Waals surface area (Å²) in [5.41, 5.74) is 1.23. The molecule has 0 fully saturated rings. The number of aromatic nitrogens is 4. The van der Waals surface area contributed by atoms with Crippen LogP contribution in [0.3, 0.4) is 0 Å². The third-order valence-corrected chi connectivity index (χ3v) is 3.37. The van der Waals surface area contributed by atoms with Crippen LogP contribution in [0.25, 0.3) is 5.82 Å². The van der Waals surface area contributed by atoms with Gasteiger partial charge in [-0.25, -0.2) is 9.67 Å². The van der Waals surface area contributed by atoms with Crippen LogP contribution in [0.2, 0.25) is 0 Å². The zero-order valence-electron chi connectivity index (χ0n) is 13.7. The Kier molecular flexibility index (Phi) is 4.83. The highest BCUT2D eigenvalue weighted by Crippen LogP contribution is 2.26. The lowest BCUT2D eigenvalue weighted by Crippen LogP contribution is -2.05. The molecule has 2 heterocycles. The number of hydrogen-bond acceptors (Lipinski definition) is 8. The Balaban J connectivity index is 1.84. The van der Waals surface area contributed by atoms with Crippen LogP contribution in [0.15, 0.2) is 48.8 Å². The molecule has 1 N–H and O–H groups in total. The number of anilines is 2. The van der Waals surface area contributed by atoms with Crippen molar-refractivity contribution in [2.24, 2.45) is 0 Å². The Hall–Kier alpha value is -3.82. The van der Waals surface area contributed by atoms with E-state index in [9.17, 15) is 14.9 Å². The average molecular weight is 354 g/mol. The first-order chi connectivity index (χ1) is 12.5. The molecule has 132 valence electrons. The van der Waals surface area contributed by atoms with Gasteiger partial charge in [-0.3, -0.25) is 14.9 Å². The molecule has 0 radical (unpaired) electrons. The molecule has 0 amide bonds. The number of nitro groups is 1. The van der Waals surface area contributed by atoms with E-state index < -0.39 is 4.92 Å². The third kappa shape index (κ3) is 3.98. The van der Waals surface area contributed by atoms with Gasteiger partial charge in [-0.1, -0.05) is 17.3 Å². The number of pyridine rings is 1. The van der Waals surface area contributed by atoms with Crippen LogP contribution in [0.1, 0.15) is 12.5 Å². The lowest BCUT2D eigenvalue weighted by Gasteiger charge is -2.09. The molecule has 10 heteroatoms. The van der Waals surface area contributed by atoms with Gasteiger partial charge in [0.15, 0.2) is 5.82 Å². The van der Waals surface area contributed by atoms with E-state index in [1.165, 1.54) is 29.9 Å². The van der Waals surface area contributed by atoms with E-state index in [1.54, 1.807) is 30.5 Å². The van der Waals surface area contributed by atoms with E-state index in [0.29, 0.717) is 11.5 Å². The van der Waals surface area contributed by atoms with Gasteiger partial charge in [0.1, 0.15) is 6.61 Å². The molecule has 0 aliphatic carbocycles. The molecule has 0 spiro atoms. The van der Waals surface area contributed by atoms with Crippen molar-refractivity contribution in [3.05, 3.63) is 64.5 Å². The SMILES string of the molecule is CC(=O)OCc1ccc(Nc2nc(-n3ccnn3)ccc2[N+](=O)[O-])cc1. The zero-order valence-corrected chi connectivity index (χ0v) is 13.7. The van der Waals surface area contributed by atoms with Crippen molar-refractivity contribution < 1.29 is 14.5 Å². The molecule has 3 aromatic rings. The van der Waals surface area contributed by atoms with Gasteiger partial charge in [-0.2, -0.15) is 0 Å². The number of rotatable bonds is 6. The molecule has 10 nitrogen and oxygen atoms in total. The van der Waals surface area contributed by atoms with Gasteiger partial charge in [0, 0.05) is 18.7 Å². The molecule has 0 bridgehead atoms. The number of esters is 1. The quantitative estimate of drug-likeness (QED) is 0.406. The van der Waals surface area contributed by atoms with E-state index >= 15 is 0 Å². The van der Waals surface area contributed by atoms with E-state index in [2.05, 4.69) is 20.6 Å². The molecule has 0 aliphatic rings. The van der Waals surface area contributed by atoms with Crippen molar-refractivity contribution in [3.8, 4) is 5.82 Å². The molecule has 26 heavy (non-hydrogen) atoms. The molecule has 2 aromatic heterocycles. The molecule has 1 aromatic carbocycles. The minimum absolute atomic E-state index is 0.0794.